The fraction of sp³-hybridized carbons (Fsp3) is 0.105. The second-order valence-electron chi connectivity index (χ2n) is 5.97. The number of hydrogen-bond donors (Lipinski definition) is 2. The molecule has 0 aliphatic heterocycles. The first-order valence-corrected chi connectivity index (χ1v) is 8.06. The van der Waals surface area contributed by atoms with Crippen LogP contribution in [-0.4, -0.2) is 14.5 Å². The van der Waals surface area contributed by atoms with Crippen LogP contribution in [-0.2, 0) is 13.1 Å². The van der Waals surface area contributed by atoms with Crippen molar-refractivity contribution in [1.29, 1.82) is 0 Å². The quantitative estimate of drug-likeness (QED) is 0.558. The van der Waals surface area contributed by atoms with Gasteiger partial charge in [0.25, 0.3) is 11.2 Å². The van der Waals surface area contributed by atoms with Crippen LogP contribution in [0.5, 0.6) is 0 Å². The number of imidazole rings is 1. The Kier molecular flexibility index (Phi) is 3.78. The molecule has 6 heteroatoms. The summed E-state index contributed by atoms with van der Waals surface area (Å²) in [7, 11) is 0. The van der Waals surface area contributed by atoms with Crippen molar-refractivity contribution in [3.63, 3.8) is 0 Å². The molecule has 0 atom stereocenters. The van der Waals surface area contributed by atoms with Crippen LogP contribution in [0.4, 0.5) is 5.95 Å². The van der Waals surface area contributed by atoms with Crippen molar-refractivity contribution in [2.24, 2.45) is 0 Å². The number of H-pyrrole nitrogens is 1. The molecule has 4 aromatic rings. The molecule has 124 valence electrons. The third-order valence-electron chi connectivity index (χ3n) is 4.12. The minimum atomic E-state index is -0.231. The maximum Gasteiger partial charge on any atom is 0.304 e. The Morgan fingerprint density at radius 3 is 2.32 bits per heavy atom. The van der Waals surface area contributed by atoms with Crippen LogP contribution in [0.25, 0.3) is 11.2 Å². The summed E-state index contributed by atoms with van der Waals surface area (Å²) in [6.07, 6.45) is 1.92. The van der Waals surface area contributed by atoms with Crippen molar-refractivity contribution in [3.05, 3.63) is 88.5 Å². The van der Waals surface area contributed by atoms with Crippen molar-refractivity contribution in [3.8, 4) is 0 Å². The van der Waals surface area contributed by atoms with Gasteiger partial charge in [-0.25, -0.2) is 9.13 Å². The number of anilines is 1. The molecule has 0 aliphatic rings. The predicted molar refractivity (Wildman–Crippen MR) is 96.0 cm³/mol. The number of nitrogens with two attached hydrogens (primary N) is 1. The molecule has 0 spiro atoms. The first-order valence-electron chi connectivity index (χ1n) is 8.06. The number of fused-ring (bicyclic) bond motifs is 1. The lowest BCUT2D eigenvalue weighted by Crippen LogP contribution is -2.37. The van der Waals surface area contributed by atoms with Crippen molar-refractivity contribution in [1.82, 2.24) is 14.5 Å². The van der Waals surface area contributed by atoms with E-state index in [1.807, 2.05) is 76.1 Å². The van der Waals surface area contributed by atoms with Gasteiger partial charge in [0.1, 0.15) is 13.1 Å². The largest absolute Gasteiger partial charge is 0.369 e. The van der Waals surface area contributed by atoms with Crippen LogP contribution in [0.3, 0.4) is 0 Å². The monoisotopic (exact) mass is 332 g/mol. The minimum Gasteiger partial charge on any atom is -0.369 e. The van der Waals surface area contributed by atoms with E-state index in [1.54, 1.807) is 0 Å². The summed E-state index contributed by atoms with van der Waals surface area (Å²) in [5, 5.41) is 0. The van der Waals surface area contributed by atoms with Crippen molar-refractivity contribution >= 4 is 17.1 Å². The molecule has 3 N–H and O–H groups in total. The molecule has 0 saturated carbocycles. The van der Waals surface area contributed by atoms with Gasteiger partial charge in [-0.3, -0.25) is 9.78 Å². The smallest absolute Gasteiger partial charge is 0.304 e. The van der Waals surface area contributed by atoms with E-state index in [2.05, 4.69) is 9.97 Å². The molecule has 0 unspecified atom stereocenters. The van der Waals surface area contributed by atoms with E-state index in [4.69, 9.17) is 5.73 Å². The number of hydrogen-bond acceptors (Lipinski definition) is 3. The van der Waals surface area contributed by atoms with Crippen LogP contribution in [0.1, 0.15) is 11.1 Å². The zero-order valence-corrected chi connectivity index (χ0v) is 13.6. The van der Waals surface area contributed by atoms with Crippen molar-refractivity contribution in [2.75, 3.05) is 5.73 Å². The molecule has 2 heterocycles. The maximum atomic E-state index is 12.5. The molecule has 0 saturated heterocycles. The summed E-state index contributed by atoms with van der Waals surface area (Å²) in [6, 6.07) is 20.1. The zero-order chi connectivity index (χ0) is 17.2. The average Bonchev–Trinajstić information content (AvgIpc) is 2.94. The first kappa shape index (κ1) is 15.1. The average molecular weight is 332 g/mol. The Bertz CT molecular complexity index is 1070. The molecular formula is C19H18N5O+. The summed E-state index contributed by atoms with van der Waals surface area (Å²) in [5.74, 6) is 0.122. The summed E-state index contributed by atoms with van der Waals surface area (Å²) >= 11 is 0. The SMILES string of the molecule is Nc1nc2c(c(=O)[nH]1)[n+](Cc1ccccc1)cn2Cc1ccccc1. The minimum absolute atomic E-state index is 0.122. The maximum absolute atomic E-state index is 12.5. The fourth-order valence-corrected chi connectivity index (χ4v) is 3.01. The second kappa shape index (κ2) is 6.24. The van der Waals surface area contributed by atoms with Gasteiger partial charge in [0, 0.05) is 0 Å². The zero-order valence-electron chi connectivity index (χ0n) is 13.6. The third kappa shape index (κ3) is 3.01. The molecule has 0 amide bonds. The summed E-state index contributed by atoms with van der Waals surface area (Å²) in [4.78, 5) is 19.4. The molecule has 25 heavy (non-hydrogen) atoms. The van der Waals surface area contributed by atoms with Crippen LogP contribution in [0.2, 0.25) is 0 Å². The molecular weight excluding hydrogens is 314 g/mol. The third-order valence-corrected chi connectivity index (χ3v) is 4.12. The lowest BCUT2D eigenvalue weighted by atomic mass is 10.2. The number of nitrogens with one attached hydrogen (secondary N) is 1. The van der Waals surface area contributed by atoms with Gasteiger partial charge in [-0.05, 0) is 11.1 Å². The van der Waals surface area contributed by atoms with Gasteiger partial charge in [-0.1, -0.05) is 60.7 Å². The summed E-state index contributed by atoms with van der Waals surface area (Å²) < 4.78 is 3.87. The van der Waals surface area contributed by atoms with Crippen LogP contribution in [0, 0.1) is 0 Å². The number of nitrogens with zero attached hydrogens (tertiary/aromatic N) is 3. The lowest BCUT2D eigenvalue weighted by Gasteiger charge is -1.98. The highest BCUT2D eigenvalue weighted by Gasteiger charge is 2.21. The lowest BCUT2D eigenvalue weighted by molar-refractivity contribution is -0.663. The van der Waals surface area contributed by atoms with Gasteiger partial charge < -0.3 is 5.73 Å². The van der Waals surface area contributed by atoms with E-state index < -0.39 is 0 Å². The number of rotatable bonds is 4. The summed E-state index contributed by atoms with van der Waals surface area (Å²) in [6.45, 7) is 1.21. The molecule has 2 aromatic carbocycles. The van der Waals surface area contributed by atoms with Crippen LogP contribution >= 0.6 is 0 Å². The van der Waals surface area contributed by atoms with E-state index >= 15 is 0 Å². The Morgan fingerprint density at radius 2 is 1.64 bits per heavy atom. The first-order chi connectivity index (χ1) is 12.2. The van der Waals surface area contributed by atoms with Gasteiger partial charge in [-0.15, -0.1) is 0 Å². The van der Waals surface area contributed by atoms with Gasteiger partial charge in [0.15, 0.2) is 0 Å². The molecule has 0 aliphatic carbocycles. The van der Waals surface area contributed by atoms with Crippen molar-refractivity contribution in [2.45, 2.75) is 13.1 Å². The van der Waals surface area contributed by atoms with E-state index in [9.17, 15) is 4.79 Å². The topological polar surface area (TPSA) is 80.6 Å². The molecule has 6 nitrogen and oxygen atoms in total. The van der Waals surface area contributed by atoms with Crippen LogP contribution in [0.15, 0.2) is 71.8 Å². The fourth-order valence-electron chi connectivity index (χ4n) is 3.01. The van der Waals surface area contributed by atoms with E-state index in [0.29, 0.717) is 24.3 Å². The molecule has 0 radical (unpaired) electrons. The molecule has 2 aromatic heterocycles. The standard InChI is InChI=1S/C19H17N5O/c20-19-21-17-16(18(25)22-19)23(11-14-7-3-1-4-8-14)13-24(17)12-15-9-5-2-6-10-15/h1-10,13H,11-12H2,(H2-,20,21,22,25)/p+1. The number of benzene rings is 2. The summed E-state index contributed by atoms with van der Waals surface area (Å²) in [5.41, 5.74) is 8.88. The Balaban J connectivity index is 1.84. The highest BCUT2D eigenvalue weighted by molar-refractivity contribution is 5.67. The van der Waals surface area contributed by atoms with Gasteiger partial charge >= 0.3 is 5.56 Å². The highest BCUT2D eigenvalue weighted by atomic mass is 16.1. The van der Waals surface area contributed by atoms with Crippen molar-refractivity contribution < 1.29 is 4.57 Å². The van der Waals surface area contributed by atoms with Gasteiger partial charge in [0.2, 0.25) is 12.3 Å². The van der Waals surface area contributed by atoms with E-state index in [1.165, 1.54) is 0 Å². The number of aromatic nitrogens is 4. The van der Waals surface area contributed by atoms with Crippen LogP contribution < -0.4 is 15.9 Å². The van der Waals surface area contributed by atoms with E-state index in [-0.39, 0.29) is 11.5 Å². The van der Waals surface area contributed by atoms with E-state index in [0.717, 1.165) is 11.1 Å². The Hall–Kier alpha value is -3.41. The predicted octanol–water partition coefficient (Wildman–Crippen LogP) is 1.69. The molecule has 0 bridgehead atoms. The second-order valence-corrected chi connectivity index (χ2v) is 5.97. The van der Waals surface area contributed by atoms with Gasteiger partial charge in [-0.2, -0.15) is 4.98 Å². The van der Waals surface area contributed by atoms with Gasteiger partial charge in [0.05, 0.1) is 0 Å². The number of aromatic amines is 1. The molecule has 4 rings (SSSR count). The molecule has 0 fully saturated rings. The Morgan fingerprint density at radius 1 is 1.00 bits per heavy atom. The Labute approximate surface area is 144 Å². The highest BCUT2D eigenvalue weighted by Crippen LogP contribution is 2.10. The normalized spacial score (nSPS) is 11.0. The number of nitrogen functional groups attached to an aromatic ring is 1.